The zero-order valence-electron chi connectivity index (χ0n) is 7.93. The van der Waals surface area contributed by atoms with E-state index in [9.17, 15) is 4.39 Å². The number of halogens is 1. The summed E-state index contributed by atoms with van der Waals surface area (Å²) < 4.78 is 12.7. The maximum atomic E-state index is 12.7. The molecule has 0 aromatic carbocycles. The lowest BCUT2D eigenvalue weighted by Crippen LogP contribution is -2.13. The van der Waals surface area contributed by atoms with Crippen LogP contribution in [0.4, 0.5) is 4.39 Å². The van der Waals surface area contributed by atoms with Gasteiger partial charge in [0.25, 0.3) is 0 Å². The van der Waals surface area contributed by atoms with E-state index in [0.29, 0.717) is 5.92 Å². The molecule has 1 fully saturated rings. The third kappa shape index (κ3) is 3.38. The summed E-state index contributed by atoms with van der Waals surface area (Å²) in [5.41, 5.74) is 0. The zero-order chi connectivity index (χ0) is 8.81. The molecule has 0 unspecified atom stereocenters. The molecular formula is C11H19F. The Kier molecular flexibility index (Phi) is 4.34. The van der Waals surface area contributed by atoms with Crippen molar-refractivity contribution in [1.29, 1.82) is 0 Å². The second-order valence-corrected chi connectivity index (χ2v) is 3.73. The molecule has 70 valence electrons. The molecule has 12 heavy (non-hydrogen) atoms. The van der Waals surface area contributed by atoms with Gasteiger partial charge >= 0.3 is 0 Å². The molecule has 0 aromatic rings. The lowest BCUT2D eigenvalue weighted by molar-refractivity contribution is 0.226. The summed E-state index contributed by atoms with van der Waals surface area (Å²) in [7, 11) is 0. The summed E-state index contributed by atoms with van der Waals surface area (Å²) in [6.07, 6.45) is 10.1. The Labute approximate surface area is 74.9 Å². The van der Waals surface area contributed by atoms with Crippen molar-refractivity contribution in [3.05, 3.63) is 12.2 Å². The van der Waals surface area contributed by atoms with Gasteiger partial charge in [-0.1, -0.05) is 25.5 Å². The largest absolute Gasteiger partial charge is 0.247 e. The van der Waals surface area contributed by atoms with Gasteiger partial charge in [-0.2, -0.15) is 0 Å². The van der Waals surface area contributed by atoms with Gasteiger partial charge in [0.2, 0.25) is 0 Å². The molecule has 1 aliphatic rings. The SMILES string of the molecule is CCC/C=C\C1CCC(F)CC1. The van der Waals surface area contributed by atoms with Crippen molar-refractivity contribution in [3.63, 3.8) is 0 Å². The fourth-order valence-electron chi connectivity index (χ4n) is 1.73. The van der Waals surface area contributed by atoms with Crippen molar-refractivity contribution in [2.75, 3.05) is 0 Å². The highest BCUT2D eigenvalue weighted by molar-refractivity contribution is 4.90. The van der Waals surface area contributed by atoms with Crippen LogP contribution in [0.1, 0.15) is 45.4 Å². The van der Waals surface area contributed by atoms with Crippen LogP contribution in [0.15, 0.2) is 12.2 Å². The van der Waals surface area contributed by atoms with E-state index < -0.39 is 6.17 Å². The van der Waals surface area contributed by atoms with Crippen LogP contribution in [-0.4, -0.2) is 6.17 Å². The van der Waals surface area contributed by atoms with Gasteiger partial charge in [0, 0.05) is 0 Å². The Balaban J connectivity index is 2.17. The molecule has 0 heterocycles. The number of allylic oxidation sites excluding steroid dienone is 2. The molecule has 0 radical (unpaired) electrons. The van der Waals surface area contributed by atoms with E-state index >= 15 is 0 Å². The van der Waals surface area contributed by atoms with Gasteiger partial charge in [0.1, 0.15) is 6.17 Å². The Hall–Kier alpha value is -0.330. The van der Waals surface area contributed by atoms with Gasteiger partial charge in [0.15, 0.2) is 0 Å². The minimum absolute atomic E-state index is 0.513. The summed E-state index contributed by atoms with van der Waals surface area (Å²) in [5.74, 6) is 0.670. The van der Waals surface area contributed by atoms with E-state index in [1.165, 1.54) is 12.8 Å². The minimum atomic E-state index is -0.513. The van der Waals surface area contributed by atoms with Gasteiger partial charge in [-0.05, 0) is 38.0 Å². The van der Waals surface area contributed by atoms with Crippen LogP contribution >= 0.6 is 0 Å². The topological polar surface area (TPSA) is 0 Å². The molecule has 1 rings (SSSR count). The van der Waals surface area contributed by atoms with Crippen LogP contribution in [0, 0.1) is 5.92 Å². The fraction of sp³-hybridized carbons (Fsp3) is 0.818. The molecule has 0 atom stereocenters. The third-order valence-electron chi connectivity index (χ3n) is 2.56. The second kappa shape index (κ2) is 5.34. The standard InChI is InChI=1S/C11H19F/c1-2-3-4-5-10-6-8-11(12)9-7-10/h4-5,10-11H,2-3,6-9H2,1H3/b5-4-. The van der Waals surface area contributed by atoms with Crippen LogP contribution in [0.25, 0.3) is 0 Å². The highest BCUT2D eigenvalue weighted by Crippen LogP contribution is 2.27. The van der Waals surface area contributed by atoms with Gasteiger partial charge in [-0.3, -0.25) is 0 Å². The average molecular weight is 170 g/mol. The van der Waals surface area contributed by atoms with Gasteiger partial charge in [0.05, 0.1) is 0 Å². The number of hydrogen-bond acceptors (Lipinski definition) is 0. The Bertz CT molecular complexity index is 132. The van der Waals surface area contributed by atoms with Crippen molar-refractivity contribution >= 4 is 0 Å². The predicted molar refractivity (Wildman–Crippen MR) is 50.9 cm³/mol. The second-order valence-electron chi connectivity index (χ2n) is 3.73. The van der Waals surface area contributed by atoms with Crippen molar-refractivity contribution in [3.8, 4) is 0 Å². The monoisotopic (exact) mass is 170 g/mol. The van der Waals surface area contributed by atoms with Crippen LogP contribution in [0.2, 0.25) is 0 Å². The predicted octanol–water partition coefficient (Wildman–Crippen LogP) is 3.87. The molecule has 1 heteroatoms. The fourth-order valence-corrected chi connectivity index (χ4v) is 1.73. The molecule has 0 amide bonds. The smallest absolute Gasteiger partial charge is 0.100 e. The van der Waals surface area contributed by atoms with E-state index in [1.54, 1.807) is 0 Å². The molecule has 0 aromatic heterocycles. The van der Waals surface area contributed by atoms with Crippen molar-refractivity contribution < 1.29 is 4.39 Å². The number of hydrogen-bond donors (Lipinski definition) is 0. The third-order valence-corrected chi connectivity index (χ3v) is 2.56. The first-order valence-electron chi connectivity index (χ1n) is 5.13. The van der Waals surface area contributed by atoms with Crippen molar-refractivity contribution in [2.24, 2.45) is 5.92 Å². The van der Waals surface area contributed by atoms with Crippen LogP contribution in [0.3, 0.4) is 0 Å². The summed E-state index contributed by atoms with van der Waals surface area (Å²) in [4.78, 5) is 0. The summed E-state index contributed by atoms with van der Waals surface area (Å²) in [6, 6.07) is 0. The van der Waals surface area contributed by atoms with Crippen molar-refractivity contribution in [2.45, 2.75) is 51.6 Å². The van der Waals surface area contributed by atoms with E-state index in [1.807, 2.05) is 0 Å². The average Bonchev–Trinajstić information content (AvgIpc) is 2.09. The molecule has 0 saturated heterocycles. The molecule has 0 nitrogen and oxygen atoms in total. The molecular weight excluding hydrogens is 151 g/mol. The first kappa shape index (κ1) is 9.76. The molecule has 0 bridgehead atoms. The maximum Gasteiger partial charge on any atom is 0.100 e. The molecule has 1 aliphatic carbocycles. The van der Waals surface area contributed by atoms with Crippen molar-refractivity contribution in [1.82, 2.24) is 0 Å². The summed E-state index contributed by atoms with van der Waals surface area (Å²) >= 11 is 0. The van der Waals surface area contributed by atoms with Crippen LogP contribution in [-0.2, 0) is 0 Å². The normalized spacial score (nSPS) is 31.2. The number of rotatable bonds is 3. The van der Waals surface area contributed by atoms with Crippen LogP contribution < -0.4 is 0 Å². The number of alkyl halides is 1. The quantitative estimate of drug-likeness (QED) is 0.564. The molecule has 0 spiro atoms. The molecule has 1 saturated carbocycles. The highest BCUT2D eigenvalue weighted by atomic mass is 19.1. The lowest BCUT2D eigenvalue weighted by atomic mass is 9.88. The maximum absolute atomic E-state index is 12.7. The highest BCUT2D eigenvalue weighted by Gasteiger charge is 2.17. The van der Waals surface area contributed by atoms with E-state index in [-0.39, 0.29) is 0 Å². The Morgan fingerprint density at radius 2 is 1.92 bits per heavy atom. The van der Waals surface area contributed by atoms with E-state index in [2.05, 4.69) is 19.1 Å². The van der Waals surface area contributed by atoms with E-state index in [4.69, 9.17) is 0 Å². The van der Waals surface area contributed by atoms with Gasteiger partial charge in [-0.15, -0.1) is 0 Å². The first-order chi connectivity index (χ1) is 5.83. The minimum Gasteiger partial charge on any atom is -0.247 e. The Morgan fingerprint density at radius 3 is 2.50 bits per heavy atom. The van der Waals surface area contributed by atoms with Gasteiger partial charge < -0.3 is 0 Å². The summed E-state index contributed by atoms with van der Waals surface area (Å²) in [6.45, 7) is 2.18. The number of unbranched alkanes of at least 4 members (excludes halogenated alkanes) is 1. The Morgan fingerprint density at radius 1 is 1.25 bits per heavy atom. The molecule has 0 N–H and O–H groups in total. The molecule has 0 aliphatic heterocycles. The van der Waals surface area contributed by atoms with Gasteiger partial charge in [-0.25, -0.2) is 4.39 Å². The zero-order valence-corrected chi connectivity index (χ0v) is 7.93. The summed E-state index contributed by atoms with van der Waals surface area (Å²) in [5, 5.41) is 0. The van der Waals surface area contributed by atoms with E-state index in [0.717, 1.165) is 25.7 Å². The first-order valence-corrected chi connectivity index (χ1v) is 5.13. The lowest BCUT2D eigenvalue weighted by Gasteiger charge is -2.21. The van der Waals surface area contributed by atoms with Crippen LogP contribution in [0.5, 0.6) is 0 Å².